The van der Waals surface area contributed by atoms with E-state index in [9.17, 15) is 14.0 Å². The first-order chi connectivity index (χ1) is 16.5. The fraction of sp³-hybridized carbons (Fsp3) is 0.333. The predicted octanol–water partition coefficient (Wildman–Crippen LogP) is 4.37. The summed E-state index contributed by atoms with van der Waals surface area (Å²) in [7, 11) is 0. The highest BCUT2D eigenvalue weighted by molar-refractivity contribution is 7.99. The van der Waals surface area contributed by atoms with Gasteiger partial charge in [-0.15, -0.1) is 10.2 Å². The summed E-state index contributed by atoms with van der Waals surface area (Å²) < 4.78 is 19.3. The largest absolute Gasteiger partial charge is 0.414 e. The maximum atomic E-state index is 13.8. The Morgan fingerprint density at radius 1 is 1.12 bits per heavy atom. The molecule has 4 rings (SSSR count). The minimum atomic E-state index is -0.714. The predicted molar refractivity (Wildman–Crippen MR) is 127 cm³/mol. The minimum Gasteiger partial charge on any atom is -0.414 e. The molecular formula is C24H24ClFN4O3S. The molecule has 0 unspecified atom stereocenters. The van der Waals surface area contributed by atoms with Crippen LogP contribution in [0, 0.1) is 11.7 Å². The molecule has 0 aliphatic carbocycles. The molecule has 178 valence electrons. The average molecular weight is 503 g/mol. The smallest absolute Gasteiger partial charge is 0.277 e. The van der Waals surface area contributed by atoms with Gasteiger partial charge in [0.1, 0.15) is 5.82 Å². The highest BCUT2D eigenvalue weighted by Crippen LogP contribution is 2.24. The van der Waals surface area contributed by atoms with E-state index >= 15 is 0 Å². The van der Waals surface area contributed by atoms with Gasteiger partial charge in [0.15, 0.2) is 0 Å². The van der Waals surface area contributed by atoms with Crippen molar-refractivity contribution in [2.24, 2.45) is 5.92 Å². The Hall–Kier alpha value is -2.91. The van der Waals surface area contributed by atoms with Crippen molar-refractivity contribution >= 4 is 35.2 Å². The van der Waals surface area contributed by atoms with Crippen LogP contribution in [0.5, 0.6) is 0 Å². The molecule has 7 nitrogen and oxygen atoms in total. The van der Waals surface area contributed by atoms with E-state index in [1.165, 1.54) is 17.7 Å². The van der Waals surface area contributed by atoms with Gasteiger partial charge in [0.25, 0.3) is 11.1 Å². The van der Waals surface area contributed by atoms with Gasteiger partial charge in [-0.1, -0.05) is 59.8 Å². The number of likely N-dealkylation sites (tertiary alicyclic amines) is 1. The van der Waals surface area contributed by atoms with Crippen molar-refractivity contribution in [3.8, 4) is 0 Å². The molecule has 2 amide bonds. The van der Waals surface area contributed by atoms with Gasteiger partial charge in [0.2, 0.25) is 11.8 Å². The fourth-order valence-electron chi connectivity index (χ4n) is 3.88. The van der Waals surface area contributed by atoms with E-state index in [1.54, 1.807) is 0 Å². The first-order valence-corrected chi connectivity index (χ1v) is 12.3. The fourth-order valence-corrected chi connectivity index (χ4v) is 4.81. The standard InChI is InChI=1S/C24H24ClFN4O3S/c25-18-7-4-8-19(26)22(18)23(32)27-14-20-28-29-24(33-20)34-15-21(31)30-11-9-17(10-12-30)13-16-5-2-1-3-6-16/h1-8,17H,9-15H2,(H,27,32). The maximum absolute atomic E-state index is 13.8. The third kappa shape index (κ3) is 6.36. The van der Waals surface area contributed by atoms with Crippen molar-refractivity contribution < 1.29 is 18.4 Å². The van der Waals surface area contributed by atoms with Crippen molar-refractivity contribution in [3.05, 3.63) is 76.4 Å². The number of carbonyl (C=O) groups is 2. The molecule has 1 aromatic heterocycles. The Morgan fingerprint density at radius 2 is 1.88 bits per heavy atom. The minimum absolute atomic E-state index is 0.0156. The summed E-state index contributed by atoms with van der Waals surface area (Å²) in [4.78, 5) is 26.7. The van der Waals surface area contributed by atoms with Crippen LogP contribution in [-0.2, 0) is 17.8 Å². The molecule has 1 fully saturated rings. The summed E-state index contributed by atoms with van der Waals surface area (Å²) in [5.41, 5.74) is 1.10. The molecular weight excluding hydrogens is 479 g/mol. The molecule has 0 bridgehead atoms. The summed E-state index contributed by atoms with van der Waals surface area (Å²) in [6.45, 7) is 1.41. The van der Waals surface area contributed by atoms with E-state index in [4.69, 9.17) is 16.0 Å². The van der Waals surface area contributed by atoms with Gasteiger partial charge in [-0.2, -0.15) is 0 Å². The van der Waals surface area contributed by atoms with Crippen LogP contribution in [0.1, 0.15) is 34.7 Å². The second-order valence-corrected chi connectivity index (χ2v) is 9.38. The van der Waals surface area contributed by atoms with Gasteiger partial charge < -0.3 is 14.6 Å². The molecule has 0 radical (unpaired) electrons. The van der Waals surface area contributed by atoms with E-state index in [1.807, 2.05) is 11.0 Å². The zero-order valence-electron chi connectivity index (χ0n) is 18.4. The maximum Gasteiger partial charge on any atom is 0.277 e. The van der Waals surface area contributed by atoms with Gasteiger partial charge in [-0.05, 0) is 42.9 Å². The third-order valence-electron chi connectivity index (χ3n) is 5.69. The number of nitrogens with zero attached hydrogens (tertiary/aromatic N) is 3. The molecule has 1 aliphatic rings. The summed E-state index contributed by atoms with van der Waals surface area (Å²) >= 11 is 7.05. The van der Waals surface area contributed by atoms with E-state index in [0.717, 1.165) is 50.2 Å². The molecule has 34 heavy (non-hydrogen) atoms. The molecule has 2 aromatic carbocycles. The first kappa shape index (κ1) is 24.2. The SMILES string of the molecule is O=C(NCc1nnc(SCC(=O)N2CCC(Cc3ccccc3)CC2)o1)c1c(F)cccc1Cl. The zero-order valence-corrected chi connectivity index (χ0v) is 19.9. The first-order valence-electron chi connectivity index (χ1n) is 11.0. The lowest BCUT2D eigenvalue weighted by Gasteiger charge is -2.32. The average Bonchev–Trinajstić information content (AvgIpc) is 3.30. The lowest BCUT2D eigenvalue weighted by molar-refractivity contribution is -0.129. The zero-order chi connectivity index (χ0) is 23.9. The van der Waals surface area contributed by atoms with Crippen LogP contribution >= 0.6 is 23.4 Å². The third-order valence-corrected chi connectivity index (χ3v) is 6.81. The van der Waals surface area contributed by atoms with Gasteiger partial charge in [-0.3, -0.25) is 9.59 Å². The topological polar surface area (TPSA) is 88.3 Å². The van der Waals surface area contributed by atoms with E-state index in [0.29, 0.717) is 5.92 Å². The normalized spacial score (nSPS) is 14.2. The van der Waals surface area contributed by atoms with Crippen LogP contribution in [0.4, 0.5) is 4.39 Å². The second kappa shape index (κ2) is 11.5. The van der Waals surface area contributed by atoms with Crippen molar-refractivity contribution in [2.75, 3.05) is 18.8 Å². The number of nitrogens with one attached hydrogen (secondary N) is 1. The van der Waals surface area contributed by atoms with E-state index in [2.05, 4.69) is 39.8 Å². The van der Waals surface area contributed by atoms with Crippen molar-refractivity contribution in [1.29, 1.82) is 0 Å². The summed E-state index contributed by atoms with van der Waals surface area (Å²) in [6.07, 6.45) is 3.02. The van der Waals surface area contributed by atoms with Crippen LogP contribution in [0.25, 0.3) is 0 Å². The number of carbonyl (C=O) groups excluding carboxylic acids is 2. The Labute approximate surface area is 206 Å². The van der Waals surface area contributed by atoms with Crippen LogP contribution in [0.2, 0.25) is 5.02 Å². The highest BCUT2D eigenvalue weighted by atomic mass is 35.5. The molecule has 0 spiro atoms. The van der Waals surface area contributed by atoms with Crippen LogP contribution in [0.3, 0.4) is 0 Å². The molecule has 2 heterocycles. The number of rotatable bonds is 8. The van der Waals surface area contributed by atoms with Gasteiger partial charge in [-0.25, -0.2) is 4.39 Å². The number of hydrogen-bond donors (Lipinski definition) is 1. The molecule has 1 N–H and O–H groups in total. The molecule has 3 aromatic rings. The molecule has 1 aliphatic heterocycles. The summed E-state index contributed by atoms with van der Waals surface area (Å²) in [6, 6.07) is 14.4. The van der Waals surface area contributed by atoms with Gasteiger partial charge in [0.05, 0.1) is 22.9 Å². The van der Waals surface area contributed by atoms with Crippen LogP contribution in [-0.4, -0.2) is 45.8 Å². The van der Waals surface area contributed by atoms with E-state index < -0.39 is 11.7 Å². The Bertz CT molecular complexity index is 1120. The Kier molecular flexibility index (Phi) is 8.18. The molecule has 0 saturated carbocycles. The summed E-state index contributed by atoms with van der Waals surface area (Å²) in [5.74, 6) is -0.423. The van der Waals surface area contributed by atoms with Crippen molar-refractivity contribution in [2.45, 2.75) is 31.0 Å². The van der Waals surface area contributed by atoms with Crippen LogP contribution in [0.15, 0.2) is 58.2 Å². The highest BCUT2D eigenvalue weighted by Gasteiger charge is 2.23. The number of piperidine rings is 1. The Morgan fingerprint density at radius 3 is 2.62 bits per heavy atom. The van der Waals surface area contributed by atoms with E-state index in [-0.39, 0.29) is 39.9 Å². The lowest BCUT2D eigenvalue weighted by Crippen LogP contribution is -2.39. The van der Waals surface area contributed by atoms with Crippen molar-refractivity contribution in [1.82, 2.24) is 20.4 Å². The monoisotopic (exact) mass is 502 g/mol. The van der Waals surface area contributed by atoms with Crippen LogP contribution < -0.4 is 5.32 Å². The molecule has 0 atom stereocenters. The number of halogens is 2. The number of hydrogen-bond acceptors (Lipinski definition) is 6. The summed E-state index contributed by atoms with van der Waals surface area (Å²) in [5, 5.41) is 10.5. The quantitative estimate of drug-likeness (QED) is 0.460. The lowest BCUT2D eigenvalue weighted by atomic mass is 9.90. The molecule has 1 saturated heterocycles. The molecule has 10 heteroatoms. The number of amides is 2. The number of benzene rings is 2. The van der Waals surface area contributed by atoms with Crippen molar-refractivity contribution in [3.63, 3.8) is 0 Å². The number of aromatic nitrogens is 2. The number of thioether (sulfide) groups is 1. The van der Waals surface area contributed by atoms with Gasteiger partial charge >= 0.3 is 0 Å². The van der Waals surface area contributed by atoms with Gasteiger partial charge in [0, 0.05) is 13.1 Å². The Balaban J connectivity index is 1.19. The second-order valence-electron chi connectivity index (χ2n) is 8.04.